The summed E-state index contributed by atoms with van der Waals surface area (Å²) in [5.41, 5.74) is 3.33. The van der Waals surface area contributed by atoms with Crippen molar-refractivity contribution in [3.05, 3.63) is 17.0 Å². The van der Waals surface area contributed by atoms with Crippen LogP contribution in [0.15, 0.2) is 0 Å². The van der Waals surface area contributed by atoms with Gasteiger partial charge >= 0.3 is 5.97 Å². The number of carbonyl (C=O) groups excluding carboxylic acids is 1. The normalized spacial score (nSPS) is 12.5. The summed E-state index contributed by atoms with van der Waals surface area (Å²) in [5, 5.41) is 7.65. The first kappa shape index (κ1) is 14.7. The fraction of sp³-hybridized carbons (Fsp3) is 0.692. The van der Waals surface area contributed by atoms with Crippen molar-refractivity contribution < 1.29 is 9.53 Å². The highest BCUT2D eigenvalue weighted by Gasteiger charge is 2.17. The van der Waals surface area contributed by atoms with Gasteiger partial charge in [-0.2, -0.15) is 5.10 Å². The first-order valence-corrected chi connectivity index (χ1v) is 6.44. The smallest absolute Gasteiger partial charge is 0.319 e. The number of nitrogens with one attached hydrogen (secondary N) is 1. The fourth-order valence-corrected chi connectivity index (χ4v) is 2.20. The quantitative estimate of drug-likeness (QED) is 0.784. The Bertz CT molecular complexity index is 413. The van der Waals surface area contributed by atoms with E-state index in [9.17, 15) is 4.79 Å². The highest BCUT2D eigenvalue weighted by molar-refractivity contribution is 5.71. The Kier molecular flexibility index (Phi) is 5.34. The molecule has 0 bridgehead atoms. The summed E-state index contributed by atoms with van der Waals surface area (Å²) in [6.07, 6.45) is 0. The lowest BCUT2D eigenvalue weighted by Crippen LogP contribution is -2.28. The van der Waals surface area contributed by atoms with E-state index in [1.165, 1.54) is 5.56 Å². The van der Waals surface area contributed by atoms with Gasteiger partial charge in [-0.3, -0.25) is 9.48 Å². The minimum absolute atomic E-state index is 0.0923. The maximum absolute atomic E-state index is 11.3. The van der Waals surface area contributed by atoms with Gasteiger partial charge in [0.25, 0.3) is 0 Å². The third-order valence-electron chi connectivity index (χ3n) is 3.03. The first-order chi connectivity index (χ1) is 8.51. The SMILES string of the molecule is CCOC(=O)CNC(C)c1c(C)nn(CC)c1C. The van der Waals surface area contributed by atoms with Gasteiger partial charge in [-0.05, 0) is 34.6 Å². The van der Waals surface area contributed by atoms with E-state index in [0.29, 0.717) is 6.61 Å². The van der Waals surface area contributed by atoms with Crippen LogP contribution in [0, 0.1) is 13.8 Å². The van der Waals surface area contributed by atoms with Crippen LogP contribution in [0.25, 0.3) is 0 Å². The van der Waals surface area contributed by atoms with Gasteiger partial charge in [0.2, 0.25) is 0 Å². The molecule has 1 heterocycles. The molecule has 18 heavy (non-hydrogen) atoms. The Hall–Kier alpha value is -1.36. The van der Waals surface area contributed by atoms with E-state index in [1.807, 2.05) is 18.5 Å². The number of aromatic nitrogens is 2. The van der Waals surface area contributed by atoms with Crippen molar-refractivity contribution in [1.29, 1.82) is 0 Å². The third-order valence-corrected chi connectivity index (χ3v) is 3.03. The van der Waals surface area contributed by atoms with Crippen molar-refractivity contribution in [2.75, 3.05) is 13.2 Å². The lowest BCUT2D eigenvalue weighted by atomic mass is 10.1. The minimum atomic E-state index is -0.220. The predicted molar refractivity (Wildman–Crippen MR) is 70.4 cm³/mol. The molecule has 0 aromatic carbocycles. The minimum Gasteiger partial charge on any atom is -0.465 e. The van der Waals surface area contributed by atoms with Gasteiger partial charge in [-0.25, -0.2) is 0 Å². The Morgan fingerprint density at radius 3 is 2.61 bits per heavy atom. The second kappa shape index (κ2) is 6.54. The fourth-order valence-electron chi connectivity index (χ4n) is 2.20. The summed E-state index contributed by atoms with van der Waals surface area (Å²) >= 11 is 0. The number of hydrogen-bond donors (Lipinski definition) is 1. The van der Waals surface area contributed by atoms with Gasteiger partial charge in [-0.15, -0.1) is 0 Å². The van der Waals surface area contributed by atoms with Crippen LogP contribution in [0.4, 0.5) is 0 Å². The van der Waals surface area contributed by atoms with Crippen molar-refractivity contribution in [1.82, 2.24) is 15.1 Å². The van der Waals surface area contributed by atoms with Crippen molar-refractivity contribution >= 4 is 5.97 Å². The molecule has 5 heteroatoms. The molecule has 1 aromatic heterocycles. The molecule has 1 rings (SSSR count). The average molecular weight is 253 g/mol. The van der Waals surface area contributed by atoms with E-state index < -0.39 is 0 Å². The van der Waals surface area contributed by atoms with Crippen molar-refractivity contribution in [2.24, 2.45) is 0 Å². The van der Waals surface area contributed by atoms with Crippen LogP contribution in [0.5, 0.6) is 0 Å². The summed E-state index contributed by atoms with van der Waals surface area (Å²) < 4.78 is 6.87. The molecule has 102 valence electrons. The van der Waals surface area contributed by atoms with E-state index in [4.69, 9.17) is 4.74 Å². The van der Waals surface area contributed by atoms with Gasteiger partial charge in [0.1, 0.15) is 0 Å². The van der Waals surface area contributed by atoms with Crippen LogP contribution in [-0.2, 0) is 16.1 Å². The summed E-state index contributed by atoms with van der Waals surface area (Å²) in [6.45, 7) is 11.5. The summed E-state index contributed by atoms with van der Waals surface area (Å²) in [7, 11) is 0. The van der Waals surface area contributed by atoms with E-state index in [-0.39, 0.29) is 18.6 Å². The van der Waals surface area contributed by atoms with Gasteiger partial charge in [0.15, 0.2) is 0 Å². The molecule has 1 atom stereocenters. The molecule has 1 aromatic rings. The van der Waals surface area contributed by atoms with Gasteiger partial charge < -0.3 is 10.1 Å². The molecule has 0 radical (unpaired) electrons. The second-order valence-electron chi connectivity index (χ2n) is 4.31. The number of ether oxygens (including phenoxy) is 1. The van der Waals surface area contributed by atoms with E-state index in [2.05, 4.69) is 24.3 Å². The van der Waals surface area contributed by atoms with Crippen molar-refractivity contribution in [3.63, 3.8) is 0 Å². The number of rotatable bonds is 6. The van der Waals surface area contributed by atoms with E-state index >= 15 is 0 Å². The van der Waals surface area contributed by atoms with Gasteiger partial charge in [-0.1, -0.05) is 0 Å². The van der Waals surface area contributed by atoms with E-state index in [1.54, 1.807) is 6.92 Å². The number of nitrogens with zero attached hydrogens (tertiary/aromatic N) is 2. The lowest BCUT2D eigenvalue weighted by Gasteiger charge is -2.14. The molecule has 0 saturated carbocycles. The Morgan fingerprint density at radius 2 is 2.11 bits per heavy atom. The molecule has 0 amide bonds. The molecule has 1 unspecified atom stereocenters. The molecule has 0 spiro atoms. The number of esters is 1. The summed E-state index contributed by atoms with van der Waals surface area (Å²) in [4.78, 5) is 11.3. The number of aryl methyl sites for hydroxylation is 2. The number of carbonyl (C=O) groups is 1. The summed E-state index contributed by atoms with van der Waals surface area (Å²) in [5.74, 6) is -0.220. The maximum Gasteiger partial charge on any atom is 0.319 e. The molecule has 1 N–H and O–H groups in total. The Balaban J connectivity index is 2.69. The highest BCUT2D eigenvalue weighted by atomic mass is 16.5. The van der Waals surface area contributed by atoms with Crippen LogP contribution in [0.2, 0.25) is 0 Å². The topological polar surface area (TPSA) is 56.1 Å². The Labute approximate surface area is 109 Å². The zero-order valence-corrected chi connectivity index (χ0v) is 11.9. The van der Waals surface area contributed by atoms with Crippen LogP contribution < -0.4 is 5.32 Å². The second-order valence-corrected chi connectivity index (χ2v) is 4.31. The number of hydrogen-bond acceptors (Lipinski definition) is 4. The predicted octanol–water partition coefficient (Wildman–Crippen LogP) is 1.73. The van der Waals surface area contributed by atoms with Gasteiger partial charge in [0, 0.05) is 23.8 Å². The van der Waals surface area contributed by atoms with Crippen LogP contribution >= 0.6 is 0 Å². The lowest BCUT2D eigenvalue weighted by molar-refractivity contribution is -0.142. The zero-order chi connectivity index (χ0) is 13.7. The third kappa shape index (κ3) is 3.32. The van der Waals surface area contributed by atoms with Crippen molar-refractivity contribution in [2.45, 2.75) is 47.2 Å². The first-order valence-electron chi connectivity index (χ1n) is 6.44. The molecule has 0 saturated heterocycles. The van der Waals surface area contributed by atoms with Crippen molar-refractivity contribution in [3.8, 4) is 0 Å². The molecule has 0 aliphatic heterocycles. The average Bonchev–Trinajstić information content (AvgIpc) is 2.61. The maximum atomic E-state index is 11.3. The van der Waals surface area contributed by atoms with Gasteiger partial charge in [0.05, 0.1) is 18.8 Å². The van der Waals surface area contributed by atoms with Crippen LogP contribution in [-0.4, -0.2) is 28.9 Å². The molecule has 0 aliphatic rings. The molecule has 5 nitrogen and oxygen atoms in total. The molecule has 0 aliphatic carbocycles. The van der Waals surface area contributed by atoms with E-state index in [0.717, 1.165) is 17.9 Å². The summed E-state index contributed by atoms with van der Waals surface area (Å²) in [6, 6.07) is 0.0923. The molecular formula is C13H23N3O2. The monoisotopic (exact) mass is 253 g/mol. The highest BCUT2D eigenvalue weighted by Crippen LogP contribution is 2.20. The molecular weight excluding hydrogens is 230 g/mol. The zero-order valence-electron chi connectivity index (χ0n) is 11.9. The van der Waals surface area contributed by atoms with Crippen LogP contribution in [0.1, 0.15) is 43.8 Å². The Morgan fingerprint density at radius 1 is 1.44 bits per heavy atom. The molecule has 0 fully saturated rings. The van der Waals surface area contributed by atoms with Crippen LogP contribution in [0.3, 0.4) is 0 Å². The standard InChI is InChI=1S/C13H23N3O2/c1-6-16-11(5)13(10(4)15-16)9(3)14-8-12(17)18-7-2/h9,14H,6-8H2,1-5H3. The largest absolute Gasteiger partial charge is 0.465 e.